The molecule has 4 nitrogen and oxygen atoms in total. The fourth-order valence-electron chi connectivity index (χ4n) is 3.35. The van der Waals surface area contributed by atoms with Gasteiger partial charge in [-0.2, -0.15) is 0 Å². The van der Waals surface area contributed by atoms with Crippen LogP contribution in [0, 0.1) is 17.8 Å². The van der Waals surface area contributed by atoms with E-state index in [2.05, 4.69) is 20.8 Å². The number of benzene rings is 1. The molecular weight excluding hydrogens is 324 g/mol. The van der Waals surface area contributed by atoms with Gasteiger partial charge in [0.25, 0.3) is 0 Å². The summed E-state index contributed by atoms with van der Waals surface area (Å²) in [5.74, 6) is 0.0713. The molecule has 3 atom stereocenters. The van der Waals surface area contributed by atoms with Crippen molar-refractivity contribution < 1.29 is 19.4 Å². The Morgan fingerprint density at radius 2 is 2.00 bits per heavy atom. The largest absolute Gasteiger partial charge is 0.545 e. The topological polar surface area (TPSA) is 66.4 Å². The molecule has 1 saturated carbocycles. The molecule has 132 valence electrons. The van der Waals surface area contributed by atoms with E-state index in [1.54, 1.807) is 18.2 Å². The monoisotopic (exact) mass is 349 g/mol. The summed E-state index contributed by atoms with van der Waals surface area (Å²) < 4.78 is 5.73. The molecule has 0 aromatic heterocycles. The van der Waals surface area contributed by atoms with E-state index in [1.807, 2.05) is 0 Å². The lowest BCUT2D eigenvalue weighted by molar-refractivity contribution is -0.255. The highest BCUT2D eigenvalue weighted by molar-refractivity contribution is 8.00. The van der Waals surface area contributed by atoms with Crippen molar-refractivity contribution in [1.82, 2.24) is 0 Å². The lowest BCUT2D eigenvalue weighted by Crippen LogP contribution is -2.36. The molecule has 0 unspecified atom stereocenters. The SMILES string of the molecule is CC(C)[C@H]1CC[C@H](C)C[C@H]1OC(=O)CSc1ccccc1C(=O)[O-]. The molecule has 5 heteroatoms. The quantitative estimate of drug-likeness (QED) is 0.583. The van der Waals surface area contributed by atoms with Crippen LogP contribution in [-0.2, 0) is 9.53 Å². The summed E-state index contributed by atoms with van der Waals surface area (Å²) in [6.07, 6.45) is 3.16. The summed E-state index contributed by atoms with van der Waals surface area (Å²) in [4.78, 5) is 23.9. The number of carboxylic acid groups (broad SMARTS) is 1. The number of rotatable bonds is 6. The summed E-state index contributed by atoms with van der Waals surface area (Å²) >= 11 is 1.19. The van der Waals surface area contributed by atoms with Crippen molar-refractivity contribution in [3.63, 3.8) is 0 Å². The van der Waals surface area contributed by atoms with E-state index in [0.717, 1.165) is 12.8 Å². The van der Waals surface area contributed by atoms with Gasteiger partial charge in [-0.05, 0) is 36.7 Å². The van der Waals surface area contributed by atoms with Crippen LogP contribution in [0.2, 0.25) is 0 Å². The highest BCUT2D eigenvalue weighted by Crippen LogP contribution is 2.35. The Balaban J connectivity index is 1.94. The first-order valence-electron chi connectivity index (χ1n) is 8.51. The van der Waals surface area contributed by atoms with E-state index in [4.69, 9.17) is 4.74 Å². The first kappa shape index (κ1) is 18.8. The molecule has 1 aromatic carbocycles. The minimum atomic E-state index is -1.23. The molecule has 0 N–H and O–H groups in total. The highest BCUT2D eigenvalue weighted by atomic mass is 32.2. The van der Waals surface area contributed by atoms with Gasteiger partial charge in [-0.1, -0.05) is 45.4 Å². The zero-order valence-corrected chi connectivity index (χ0v) is 15.3. The number of ether oxygens (including phenoxy) is 1. The zero-order valence-electron chi connectivity index (χ0n) is 14.5. The minimum Gasteiger partial charge on any atom is -0.545 e. The number of aromatic carboxylic acids is 1. The van der Waals surface area contributed by atoms with Gasteiger partial charge in [0.05, 0.1) is 11.7 Å². The standard InChI is InChI=1S/C19H26O4S/c1-12(2)14-9-8-13(3)10-16(14)23-18(20)11-24-17-7-5-4-6-15(17)19(21)22/h4-7,12-14,16H,8-11H2,1-3H3,(H,21,22)/p-1/t13-,14+,16+/m0/s1. The van der Waals surface area contributed by atoms with Gasteiger partial charge in [0.1, 0.15) is 6.10 Å². The van der Waals surface area contributed by atoms with E-state index in [1.165, 1.54) is 24.2 Å². The van der Waals surface area contributed by atoms with Gasteiger partial charge >= 0.3 is 5.97 Å². The average molecular weight is 349 g/mol. The second-order valence-electron chi connectivity index (χ2n) is 6.93. The fraction of sp³-hybridized carbons (Fsp3) is 0.579. The van der Waals surface area contributed by atoms with Crippen molar-refractivity contribution in [3.8, 4) is 0 Å². The van der Waals surface area contributed by atoms with Crippen LogP contribution in [0.15, 0.2) is 29.2 Å². The Bertz CT molecular complexity index is 584. The molecule has 0 aliphatic heterocycles. The van der Waals surface area contributed by atoms with Gasteiger partial charge < -0.3 is 14.6 Å². The molecule has 1 fully saturated rings. The Morgan fingerprint density at radius 1 is 1.29 bits per heavy atom. The van der Waals surface area contributed by atoms with E-state index in [0.29, 0.717) is 22.6 Å². The van der Waals surface area contributed by atoms with Crippen LogP contribution in [0.5, 0.6) is 0 Å². The maximum atomic E-state index is 12.2. The molecule has 0 radical (unpaired) electrons. The maximum Gasteiger partial charge on any atom is 0.316 e. The maximum absolute atomic E-state index is 12.2. The van der Waals surface area contributed by atoms with Gasteiger partial charge in [-0.3, -0.25) is 4.79 Å². The van der Waals surface area contributed by atoms with Gasteiger partial charge in [-0.15, -0.1) is 11.8 Å². The lowest BCUT2D eigenvalue weighted by Gasteiger charge is -2.36. The van der Waals surface area contributed by atoms with E-state index in [9.17, 15) is 14.7 Å². The summed E-state index contributed by atoms with van der Waals surface area (Å²) in [6.45, 7) is 6.54. The third-order valence-corrected chi connectivity index (χ3v) is 5.74. The van der Waals surface area contributed by atoms with E-state index < -0.39 is 5.97 Å². The van der Waals surface area contributed by atoms with Crippen LogP contribution in [0.25, 0.3) is 0 Å². The number of hydrogen-bond acceptors (Lipinski definition) is 5. The van der Waals surface area contributed by atoms with Crippen LogP contribution < -0.4 is 5.11 Å². The second-order valence-corrected chi connectivity index (χ2v) is 7.94. The van der Waals surface area contributed by atoms with E-state index >= 15 is 0 Å². The third kappa shape index (κ3) is 5.00. The van der Waals surface area contributed by atoms with Crippen LogP contribution >= 0.6 is 11.8 Å². The first-order chi connectivity index (χ1) is 11.4. The van der Waals surface area contributed by atoms with Crippen molar-refractivity contribution >= 4 is 23.7 Å². The van der Waals surface area contributed by atoms with Crippen LogP contribution in [0.1, 0.15) is 50.4 Å². The van der Waals surface area contributed by atoms with Crippen molar-refractivity contribution in [2.45, 2.75) is 51.0 Å². The van der Waals surface area contributed by atoms with Crippen molar-refractivity contribution in [2.24, 2.45) is 17.8 Å². The Morgan fingerprint density at radius 3 is 2.67 bits per heavy atom. The number of carbonyl (C=O) groups excluding carboxylic acids is 2. The molecule has 1 aliphatic rings. The van der Waals surface area contributed by atoms with Gasteiger partial charge in [0, 0.05) is 10.5 Å². The molecular formula is C19H25O4S-. The Labute approximate surface area is 148 Å². The Hall–Kier alpha value is -1.49. The number of hydrogen-bond donors (Lipinski definition) is 0. The molecule has 0 saturated heterocycles. The van der Waals surface area contributed by atoms with E-state index in [-0.39, 0.29) is 23.4 Å². The summed E-state index contributed by atoms with van der Waals surface area (Å²) in [6, 6.07) is 6.56. The summed E-state index contributed by atoms with van der Waals surface area (Å²) in [5.41, 5.74) is 0.113. The number of thioether (sulfide) groups is 1. The van der Waals surface area contributed by atoms with Gasteiger partial charge in [-0.25, -0.2) is 0 Å². The van der Waals surface area contributed by atoms with Crippen molar-refractivity contribution in [2.75, 3.05) is 5.75 Å². The first-order valence-corrected chi connectivity index (χ1v) is 9.49. The second kappa shape index (κ2) is 8.56. The molecule has 1 aliphatic carbocycles. The number of esters is 1. The molecule has 0 amide bonds. The molecule has 0 bridgehead atoms. The molecule has 1 aromatic rings. The van der Waals surface area contributed by atoms with Crippen LogP contribution in [-0.4, -0.2) is 23.8 Å². The van der Waals surface area contributed by atoms with Crippen LogP contribution in [0.3, 0.4) is 0 Å². The number of carboxylic acids is 1. The predicted octanol–water partition coefficient (Wildman–Crippen LogP) is 3.15. The summed E-state index contributed by atoms with van der Waals surface area (Å²) in [7, 11) is 0. The third-order valence-electron chi connectivity index (χ3n) is 4.70. The normalized spacial score (nSPS) is 23.9. The molecule has 0 heterocycles. The number of carbonyl (C=O) groups is 2. The highest BCUT2D eigenvalue weighted by Gasteiger charge is 2.33. The predicted molar refractivity (Wildman–Crippen MR) is 92.7 cm³/mol. The molecule has 2 rings (SSSR count). The minimum absolute atomic E-state index is 0.0294. The lowest BCUT2D eigenvalue weighted by atomic mass is 9.75. The molecule has 0 spiro atoms. The summed E-state index contributed by atoms with van der Waals surface area (Å²) in [5, 5.41) is 11.1. The average Bonchev–Trinajstić information content (AvgIpc) is 2.53. The zero-order chi connectivity index (χ0) is 17.7. The van der Waals surface area contributed by atoms with Gasteiger partial charge in [0.2, 0.25) is 0 Å². The smallest absolute Gasteiger partial charge is 0.316 e. The Kier molecular flexibility index (Phi) is 6.72. The van der Waals surface area contributed by atoms with Crippen molar-refractivity contribution in [1.29, 1.82) is 0 Å². The van der Waals surface area contributed by atoms with Crippen LogP contribution in [0.4, 0.5) is 0 Å². The van der Waals surface area contributed by atoms with Crippen molar-refractivity contribution in [3.05, 3.63) is 29.8 Å². The van der Waals surface area contributed by atoms with Gasteiger partial charge in [0.15, 0.2) is 0 Å². The molecule has 24 heavy (non-hydrogen) atoms. The fourth-order valence-corrected chi connectivity index (χ4v) is 4.17.